The largest absolute Gasteiger partial charge is 0.401 e. The molecule has 0 unspecified atom stereocenters. The number of alkyl halides is 3. The summed E-state index contributed by atoms with van der Waals surface area (Å²) < 4.78 is 36.4. The van der Waals surface area contributed by atoms with E-state index in [-0.39, 0.29) is 11.5 Å². The number of amides is 1. The lowest BCUT2D eigenvalue weighted by Crippen LogP contribution is -2.36. The SMILES string of the molecule is CN(CC(=O)Nc1cccc(C(N)=S)c1)CC(F)(F)F. The summed E-state index contributed by atoms with van der Waals surface area (Å²) in [6, 6.07) is 6.48. The van der Waals surface area contributed by atoms with Gasteiger partial charge in [-0.05, 0) is 19.2 Å². The lowest BCUT2D eigenvalue weighted by atomic mass is 10.2. The Bertz CT molecular complexity index is 505. The van der Waals surface area contributed by atoms with Crippen LogP contribution >= 0.6 is 12.2 Å². The van der Waals surface area contributed by atoms with E-state index in [1.54, 1.807) is 24.3 Å². The van der Waals surface area contributed by atoms with Gasteiger partial charge in [0, 0.05) is 11.3 Å². The average molecular weight is 305 g/mol. The maximum Gasteiger partial charge on any atom is 0.401 e. The Kier molecular flexibility index (Phi) is 5.46. The van der Waals surface area contributed by atoms with Crippen LogP contribution in [0.1, 0.15) is 5.56 Å². The third-order valence-corrected chi connectivity index (χ3v) is 2.53. The molecule has 0 heterocycles. The molecule has 0 aromatic heterocycles. The van der Waals surface area contributed by atoms with Gasteiger partial charge in [-0.2, -0.15) is 13.2 Å². The first kappa shape index (κ1) is 16.4. The summed E-state index contributed by atoms with van der Waals surface area (Å²) in [5.74, 6) is -0.545. The fraction of sp³-hybridized carbons (Fsp3) is 0.333. The first-order chi connectivity index (χ1) is 9.17. The fourth-order valence-corrected chi connectivity index (χ4v) is 1.68. The predicted molar refractivity (Wildman–Crippen MR) is 74.5 cm³/mol. The van der Waals surface area contributed by atoms with Crippen molar-refractivity contribution >= 4 is 28.8 Å². The van der Waals surface area contributed by atoms with Crippen LogP contribution in [0.4, 0.5) is 18.9 Å². The average Bonchev–Trinajstić information content (AvgIpc) is 2.25. The van der Waals surface area contributed by atoms with Crippen molar-refractivity contribution in [2.24, 2.45) is 5.73 Å². The van der Waals surface area contributed by atoms with E-state index in [1.165, 1.54) is 7.05 Å². The Balaban J connectivity index is 2.58. The van der Waals surface area contributed by atoms with E-state index < -0.39 is 18.6 Å². The molecule has 0 atom stereocenters. The number of thiocarbonyl (C=S) groups is 1. The van der Waals surface area contributed by atoms with Crippen LogP contribution in [0.5, 0.6) is 0 Å². The van der Waals surface area contributed by atoms with Crippen LogP contribution in [0.25, 0.3) is 0 Å². The van der Waals surface area contributed by atoms with Gasteiger partial charge in [0.2, 0.25) is 5.91 Å². The van der Waals surface area contributed by atoms with E-state index >= 15 is 0 Å². The van der Waals surface area contributed by atoms with Gasteiger partial charge >= 0.3 is 6.18 Å². The number of halogens is 3. The highest BCUT2D eigenvalue weighted by Gasteiger charge is 2.29. The summed E-state index contributed by atoms with van der Waals surface area (Å²) in [6.45, 7) is -1.51. The summed E-state index contributed by atoms with van der Waals surface area (Å²) in [4.78, 5) is 12.7. The number of hydrogen-bond acceptors (Lipinski definition) is 3. The second-order valence-electron chi connectivity index (χ2n) is 4.28. The fourth-order valence-electron chi connectivity index (χ4n) is 1.56. The van der Waals surface area contributed by atoms with Crippen LogP contribution in [0.2, 0.25) is 0 Å². The van der Waals surface area contributed by atoms with Gasteiger partial charge in [0.05, 0.1) is 13.1 Å². The van der Waals surface area contributed by atoms with Crippen LogP contribution in [0.15, 0.2) is 24.3 Å². The van der Waals surface area contributed by atoms with Gasteiger partial charge in [-0.25, -0.2) is 0 Å². The van der Waals surface area contributed by atoms with E-state index in [1.807, 2.05) is 0 Å². The third-order valence-electron chi connectivity index (χ3n) is 2.29. The normalized spacial score (nSPS) is 11.4. The van der Waals surface area contributed by atoms with E-state index in [0.717, 1.165) is 4.90 Å². The standard InChI is InChI=1S/C12H14F3N3OS/c1-18(7-12(13,14)15)6-10(19)17-9-4-2-3-8(5-9)11(16)20/h2-5H,6-7H2,1H3,(H2,16,20)(H,17,19). The van der Waals surface area contributed by atoms with Crippen molar-refractivity contribution < 1.29 is 18.0 Å². The predicted octanol–water partition coefficient (Wildman–Crippen LogP) is 1.75. The zero-order chi connectivity index (χ0) is 15.3. The number of carbonyl (C=O) groups excluding carboxylic acids is 1. The summed E-state index contributed by atoms with van der Waals surface area (Å²) in [6.07, 6.45) is -4.33. The molecule has 1 aromatic carbocycles. The minimum Gasteiger partial charge on any atom is -0.389 e. The minimum absolute atomic E-state index is 0.176. The van der Waals surface area contributed by atoms with Crippen molar-refractivity contribution in [3.8, 4) is 0 Å². The van der Waals surface area contributed by atoms with E-state index in [4.69, 9.17) is 18.0 Å². The van der Waals surface area contributed by atoms with Gasteiger partial charge in [-0.15, -0.1) is 0 Å². The van der Waals surface area contributed by atoms with Gasteiger partial charge in [0.1, 0.15) is 4.99 Å². The first-order valence-electron chi connectivity index (χ1n) is 5.62. The molecule has 0 fully saturated rings. The molecule has 1 aromatic rings. The lowest BCUT2D eigenvalue weighted by Gasteiger charge is -2.18. The zero-order valence-corrected chi connectivity index (χ0v) is 11.5. The third kappa shape index (κ3) is 5.98. The highest BCUT2D eigenvalue weighted by atomic mass is 32.1. The maximum absolute atomic E-state index is 12.1. The van der Waals surface area contributed by atoms with Gasteiger partial charge in [-0.1, -0.05) is 24.4 Å². The second-order valence-corrected chi connectivity index (χ2v) is 4.72. The molecular weight excluding hydrogens is 291 g/mol. The summed E-state index contributed by atoms with van der Waals surface area (Å²) in [7, 11) is 1.22. The molecule has 3 N–H and O–H groups in total. The van der Waals surface area contributed by atoms with Gasteiger partial charge in [-0.3, -0.25) is 9.69 Å². The molecule has 0 radical (unpaired) electrons. The zero-order valence-electron chi connectivity index (χ0n) is 10.7. The van der Waals surface area contributed by atoms with Crippen LogP contribution < -0.4 is 11.1 Å². The van der Waals surface area contributed by atoms with Crippen LogP contribution in [-0.4, -0.2) is 42.1 Å². The molecule has 0 aliphatic rings. The summed E-state index contributed by atoms with van der Waals surface area (Å²) in [5.41, 5.74) is 6.45. The molecule has 4 nitrogen and oxygen atoms in total. The summed E-state index contributed by atoms with van der Waals surface area (Å²) in [5, 5.41) is 2.49. The molecule has 110 valence electrons. The Morgan fingerprint density at radius 3 is 2.65 bits per heavy atom. The Hall–Kier alpha value is -1.67. The lowest BCUT2D eigenvalue weighted by molar-refractivity contribution is -0.145. The molecule has 0 aliphatic heterocycles. The molecule has 1 amide bonds. The number of hydrogen-bond donors (Lipinski definition) is 2. The molecule has 1 rings (SSSR count). The topological polar surface area (TPSA) is 58.4 Å². The number of benzene rings is 1. The number of nitrogens with two attached hydrogens (primary N) is 1. The Labute approximate surface area is 119 Å². The number of likely N-dealkylation sites (N-methyl/N-ethyl adjacent to an activating group) is 1. The molecule has 0 aliphatic carbocycles. The van der Waals surface area contributed by atoms with Crippen LogP contribution in [0, 0.1) is 0 Å². The molecule has 0 spiro atoms. The van der Waals surface area contributed by atoms with Crippen molar-refractivity contribution in [1.29, 1.82) is 0 Å². The molecular formula is C12H14F3N3OS. The molecule has 0 saturated carbocycles. The van der Waals surface area contributed by atoms with E-state index in [2.05, 4.69) is 5.32 Å². The van der Waals surface area contributed by atoms with E-state index in [0.29, 0.717) is 11.3 Å². The smallest absolute Gasteiger partial charge is 0.389 e. The first-order valence-corrected chi connectivity index (χ1v) is 6.03. The maximum atomic E-state index is 12.1. The van der Waals surface area contributed by atoms with Crippen molar-refractivity contribution in [3.05, 3.63) is 29.8 Å². The van der Waals surface area contributed by atoms with Gasteiger partial charge in [0.25, 0.3) is 0 Å². The highest BCUT2D eigenvalue weighted by Crippen LogP contribution is 2.15. The number of carbonyl (C=O) groups is 1. The number of anilines is 1. The summed E-state index contributed by atoms with van der Waals surface area (Å²) >= 11 is 4.80. The van der Waals surface area contributed by atoms with Gasteiger partial charge in [0.15, 0.2) is 0 Å². The second kappa shape index (κ2) is 6.67. The highest BCUT2D eigenvalue weighted by molar-refractivity contribution is 7.80. The molecule has 0 saturated heterocycles. The quantitative estimate of drug-likeness (QED) is 0.814. The van der Waals surface area contributed by atoms with E-state index in [9.17, 15) is 18.0 Å². The Morgan fingerprint density at radius 1 is 1.45 bits per heavy atom. The van der Waals surface area contributed by atoms with Crippen molar-refractivity contribution in [1.82, 2.24) is 4.90 Å². The minimum atomic E-state index is -4.33. The number of nitrogens with one attached hydrogen (secondary N) is 1. The number of nitrogens with zero attached hydrogens (tertiary/aromatic N) is 1. The molecule has 8 heteroatoms. The van der Waals surface area contributed by atoms with Crippen LogP contribution in [0.3, 0.4) is 0 Å². The molecule has 0 bridgehead atoms. The Morgan fingerprint density at radius 2 is 2.10 bits per heavy atom. The van der Waals surface area contributed by atoms with Crippen LogP contribution in [-0.2, 0) is 4.79 Å². The van der Waals surface area contributed by atoms with Crippen molar-refractivity contribution in [2.45, 2.75) is 6.18 Å². The molecule has 20 heavy (non-hydrogen) atoms. The monoisotopic (exact) mass is 305 g/mol. The number of rotatable bonds is 5. The van der Waals surface area contributed by atoms with Crippen molar-refractivity contribution in [3.63, 3.8) is 0 Å². The van der Waals surface area contributed by atoms with Crippen molar-refractivity contribution in [2.75, 3.05) is 25.5 Å². The van der Waals surface area contributed by atoms with Gasteiger partial charge < -0.3 is 11.1 Å².